The second-order valence-corrected chi connectivity index (χ2v) is 6.31. The zero-order valence-corrected chi connectivity index (χ0v) is 13.7. The van der Waals surface area contributed by atoms with Crippen LogP contribution in [0.2, 0.25) is 0 Å². The minimum atomic E-state index is -4.30. The number of benzene rings is 2. The van der Waals surface area contributed by atoms with E-state index in [1.54, 1.807) is 12.1 Å². The van der Waals surface area contributed by atoms with Crippen LogP contribution in [0.3, 0.4) is 0 Å². The molecule has 130 valence electrons. The summed E-state index contributed by atoms with van der Waals surface area (Å²) in [6.45, 7) is 3.67. The molecule has 0 fully saturated rings. The van der Waals surface area contributed by atoms with Crippen LogP contribution < -0.4 is 9.47 Å². The second kappa shape index (κ2) is 5.79. The Kier molecular flexibility index (Phi) is 3.71. The molecule has 0 amide bonds. The van der Waals surface area contributed by atoms with Crippen molar-refractivity contribution in [3.8, 4) is 11.5 Å². The van der Waals surface area contributed by atoms with E-state index in [9.17, 15) is 13.2 Å². The van der Waals surface area contributed by atoms with Gasteiger partial charge in [-0.25, -0.2) is 4.58 Å². The maximum Gasteiger partial charge on any atom is 0.416 e. The minimum absolute atomic E-state index is 0.243. The lowest BCUT2D eigenvalue weighted by Crippen LogP contribution is -2.28. The first kappa shape index (κ1) is 16.0. The summed E-state index contributed by atoms with van der Waals surface area (Å²) in [7, 11) is 0. The molecular formula is C19H17F3NO2+. The monoisotopic (exact) mass is 348 g/mol. The fourth-order valence-electron chi connectivity index (χ4n) is 3.34. The van der Waals surface area contributed by atoms with E-state index < -0.39 is 11.7 Å². The summed E-state index contributed by atoms with van der Waals surface area (Å²) in [6, 6.07) is 9.39. The molecule has 0 saturated heterocycles. The van der Waals surface area contributed by atoms with Crippen molar-refractivity contribution in [2.24, 2.45) is 0 Å². The molecule has 0 N–H and O–H groups in total. The molecule has 2 aliphatic heterocycles. The molecule has 0 saturated carbocycles. The highest BCUT2D eigenvalue weighted by Crippen LogP contribution is 2.36. The standard InChI is InChI=1S/C19H17F3NO2/c1-12-16-9-18-17(24-11-25-18)8-14(16)6-7-23(12)10-13-2-4-15(5-3-13)19(20,21)22/h2-5,8-9H,6-7,10-11H2,1H3/q+1. The highest BCUT2D eigenvalue weighted by atomic mass is 19.4. The van der Waals surface area contributed by atoms with Crippen molar-refractivity contribution in [2.45, 2.75) is 26.1 Å². The Morgan fingerprint density at radius 3 is 2.40 bits per heavy atom. The van der Waals surface area contributed by atoms with E-state index in [2.05, 4.69) is 4.58 Å². The van der Waals surface area contributed by atoms with E-state index in [1.807, 2.05) is 19.1 Å². The first-order valence-electron chi connectivity index (χ1n) is 8.09. The topological polar surface area (TPSA) is 21.5 Å². The van der Waals surface area contributed by atoms with Crippen LogP contribution in [-0.4, -0.2) is 23.6 Å². The van der Waals surface area contributed by atoms with Crippen LogP contribution in [-0.2, 0) is 19.1 Å². The largest absolute Gasteiger partial charge is 0.454 e. The molecule has 0 atom stereocenters. The number of hydrogen-bond acceptors (Lipinski definition) is 2. The van der Waals surface area contributed by atoms with Gasteiger partial charge in [0.25, 0.3) is 0 Å². The molecule has 0 radical (unpaired) electrons. The van der Waals surface area contributed by atoms with Gasteiger partial charge in [-0.3, -0.25) is 0 Å². The third kappa shape index (κ3) is 2.97. The smallest absolute Gasteiger partial charge is 0.416 e. The van der Waals surface area contributed by atoms with E-state index in [1.165, 1.54) is 5.56 Å². The summed E-state index contributed by atoms with van der Waals surface area (Å²) in [4.78, 5) is 0. The Bertz CT molecular complexity index is 854. The number of alkyl halides is 3. The normalized spacial score (nSPS) is 16.2. The third-order valence-electron chi connectivity index (χ3n) is 4.77. The van der Waals surface area contributed by atoms with Crippen molar-refractivity contribution in [1.82, 2.24) is 0 Å². The summed E-state index contributed by atoms with van der Waals surface area (Å²) in [6.07, 6.45) is -3.43. The van der Waals surface area contributed by atoms with Crippen LogP contribution in [0.5, 0.6) is 11.5 Å². The Hall–Kier alpha value is -2.50. The number of ether oxygens (including phenoxy) is 2. The van der Waals surface area contributed by atoms with Crippen molar-refractivity contribution >= 4 is 5.71 Å². The lowest BCUT2D eigenvalue weighted by atomic mass is 9.96. The van der Waals surface area contributed by atoms with Crippen LogP contribution in [0.15, 0.2) is 36.4 Å². The van der Waals surface area contributed by atoms with Gasteiger partial charge in [-0.1, -0.05) is 12.1 Å². The van der Waals surface area contributed by atoms with Crippen molar-refractivity contribution in [3.05, 3.63) is 58.7 Å². The summed E-state index contributed by atoms with van der Waals surface area (Å²) in [5.41, 5.74) is 3.66. The second-order valence-electron chi connectivity index (χ2n) is 6.31. The Morgan fingerprint density at radius 1 is 1.04 bits per heavy atom. The van der Waals surface area contributed by atoms with Crippen molar-refractivity contribution < 1.29 is 27.2 Å². The van der Waals surface area contributed by atoms with Gasteiger partial charge >= 0.3 is 6.18 Å². The average Bonchev–Trinajstić information content (AvgIpc) is 3.03. The first-order chi connectivity index (χ1) is 11.9. The zero-order chi connectivity index (χ0) is 17.6. The van der Waals surface area contributed by atoms with Gasteiger partial charge < -0.3 is 9.47 Å². The highest BCUT2D eigenvalue weighted by molar-refractivity contribution is 5.97. The molecule has 4 rings (SSSR count). The van der Waals surface area contributed by atoms with E-state index >= 15 is 0 Å². The fraction of sp³-hybridized carbons (Fsp3) is 0.316. The molecule has 6 heteroatoms. The Morgan fingerprint density at radius 2 is 1.72 bits per heavy atom. The predicted octanol–water partition coefficient (Wildman–Crippen LogP) is 4.01. The number of fused-ring (bicyclic) bond motifs is 2. The lowest BCUT2D eigenvalue weighted by molar-refractivity contribution is -0.545. The lowest BCUT2D eigenvalue weighted by Gasteiger charge is -2.17. The quantitative estimate of drug-likeness (QED) is 0.765. The molecule has 0 aliphatic carbocycles. The van der Waals surface area contributed by atoms with Gasteiger partial charge in [0.15, 0.2) is 23.8 Å². The molecule has 0 unspecified atom stereocenters. The van der Waals surface area contributed by atoms with Crippen LogP contribution >= 0.6 is 0 Å². The maximum absolute atomic E-state index is 12.7. The summed E-state index contributed by atoms with van der Waals surface area (Å²) < 4.78 is 51.1. The van der Waals surface area contributed by atoms with Crippen molar-refractivity contribution in [1.29, 1.82) is 0 Å². The zero-order valence-electron chi connectivity index (χ0n) is 13.7. The number of hydrogen-bond donors (Lipinski definition) is 0. The average molecular weight is 348 g/mol. The summed E-state index contributed by atoms with van der Waals surface area (Å²) >= 11 is 0. The van der Waals surface area contributed by atoms with Crippen molar-refractivity contribution in [3.63, 3.8) is 0 Å². The predicted molar refractivity (Wildman–Crippen MR) is 86.3 cm³/mol. The van der Waals surface area contributed by atoms with E-state index in [0.717, 1.165) is 53.4 Å². The van der Waals surface area contributed by atoms with Crippen LogP contribution in [0, 0.1) is 0 Å². The molecule has 2 aromatic carbocycles. The molecule has 2 heterocycles. The molecule has 2 aromatic rings. The SMILES string of the molecule is CC1=[N+](Cc2ccc(C(F)(F)F)cc2)CCc2cc3c(cc21)OCO3. The molecular weight excluding hydrogens is 331 g/mol. The van der Waals surface area contributed by atoms with E-state index in [0.29, 0.717) is 6.54 Å². The molecule has 2 aliphatic rings. The summed E-state index contributed by atoms with van der Waals surface area (Å²) in [5.74, 6) is 1.53. The molecule has 0 bridgehead atoms. The van der Waals surface area contributed by atoms with Gasteiger partial charge in [-0.15, -0.1) is 0 Å². The molecule has 0 aromatic heterocycles. The summed E-state index contributed by atoms with van der Waals surface area (Å²) in [5, 5.41) is 0. The maximum atomic E-state index is 12.7. The minimum Gasteiger partial charge on any atom is -0.454 e. The van der Waals surface area contributed by atoms with E-state index in [-0.39, 0.29) is 6.79 Å². The Balaban J connectivity index is 1.62. The molecule has 3 nitrogen and oxygen atoms in total. The number of rotatable bonds is 2. The van der Waals surface area contributed by atoms with Gasteiger partial charge in [0, 0.05) is 24.5 Å². The van der Waals surface area contributed by atoms with Crippen molar-refractivity contribution in [2.75, 3.05) is 13.3 Å². The third-order valence-corrected chi connectivity index (χ3v) is 4.77. The van der Waals surface area contributed by atoms with Gasteiger partial charge in [-0.2, -0.15) is 13.2 Å². The van der Waals surface area contributed by atoms with E-state index in [4.69, 9.17) is 9.47 Å². The van der Waals surface area contributed by atoms with Gasteiger partial charge in [0.05, 0.1) is 5.56 Å². The fourth-order valence-corrected chi connectivity index (χ4v) is 3.34. The van der Waals surface area contributed by atoms with Gasteiger partial charge in [-0.05, 0) is 29.8 Å². The Labute approximate surface area is 143 Å². The molecule has 0 spiro atoms. The van der Waals surface area contributed by atoms with Crippen LogP contribution in [0.4, 0.5) is 13.2 Å². The number of halogens is 3. The van der Waals surface area contributed by atoms with Gasteiger partial charge in [0.1, 0.15) is 6.54 Å². The van der Waals surface area contributed by atoms with Crippen LogP contribution in [0.25, 0.3) is 0 Å². The highest BCUT2D eigenvalue weighted by Gasteiger charge is 2.30. The first-order valence-corrected chi connectivity index (χ1v) is 8.09. The van der Waals surface area contributed by atoms with Gasteiger partial charge in [0.2, 0.25) is 6.79 Å². The molecule has 25 heavy (non-hydrogen) atoms. The van der Waals surface area contributed by atoms with Crippen LogP contribution in [0.1, 0.15) is 29.2 Å². The number of nitrogens with zero attached hydrogens (tertiary/aromatic N) is 1.